The minimum absolute atomic E-state index is 0.115. The van der Waals surface area contributed by atoms with E-state index in [1.54, 1.807) is 56.2 Å². The van der Waals surface area contributed by atoms with Crippen molar-refractivity contribution < 1.29 is 66.6 Å². The molecule has 27 nitrogen and oxygen atoms in total. The first kappa shape index (κ1) is 76.9. The fourth-order valence-corrected chi connectivity index (χ4v) is 14.5. The molecular formula is C54H80B2BrClN12O15S6. The lowest BCUT2D eigenvalue weighted by Gasteiger charge is -2.32. The van der Waals surface area contributed by atoms with Crippen LogP contribution in [0.25, 0.3) is 31.6 Å². The van der Waals surface area contributed by atoms with E-state index in [-0.39, 0.29) is 59.7 Å². The van der Waals surface area contributed by atoms with Gasteiger partial charge in [-0.05, 0) is 104 Å². The number of halogens is 2. The summed E-state index contributed by atoms with van der Waals surface area (Å²) in [5.41, 5.74) is 3.65. The van der Waals surface area contributed by atoms with Crippen LogP contribution in [0.4, 0.5) is 0 Å². The normalized spacial score (nSPS) is 16.5. The molecule has 2 aromatic carbocycles. The summed E-state index contributed by atoms with van der Waals surface area (Å²) in [7, 11) is -14.2. The number of carbonyl (C=O) groups excluding carboxylic acids is 2. The molecule has 91 heavy (non-hydrogen) atoms. The SMILES string of the molecule is CC1(C)OB(c2cn[nH]c2)OC1(C)C.CCCCl.CCCn1cc(-c2ccc3nc(C(C(=O)NCCS(N)(=O)=O)S(C)(=O)=O)sc3c2)cn1.COCCn1cc(B2OC(C)(C)C(C)(C)O2)cn1.CS(=O)(=O)C(C(=O)NCCS(N)(=O)=O)c1nc2ccc(Br)cc2s1. The highest BCUT2D eigenvalue weighted by molar-refractivity contribution is 9.10. The Bertz CT molecular complexity index is 4000. The first-order valence-corrected chi connectivity index (χ1v) is 38.6. The number of sulfone groups is 2. The van der Waals surface area contributed by atoms with Gasteiger partial charge in [-0.2, -0.15) is 15.3 Å². The van der Waals surface area contributed by atoms with Crippen LogP contribution in [0.1, 0.15) is 103 Å². The van der Waals surface area contributed by atoms with E-state index in [1.807, 2.05) is 96.2 Å². The van der Waals surface area contributed by atoms with Crippen LogP contribution in [-0.4, -0.2) is 179 Å². The Kier molecular flexibility index (Phi) is 27.1. The van der Waals surface area contributed by atoms with E-state index in [9.17, 15) is 43.3 Å². The van der Waals surface area contributed by atoms with Gasteiger partial charge >= 0.3 is 14.2 Å². The summed E-state index contributed by atoms with van der Waals surface area (Å²) in [4.78, 5) is 33.3. The highest BCUT2D eigenvalue weighted by Gasteiger charge is 2.53. The average Bonchev–Trinajstić information content (AvgIpc) is 1.68. The van der Waals surface area contributed by atoms with Gasteiger partial charge in [0.05, 0.1) is 73.7 Å². The number of sulfonamides is 2. The Hall–Kier alpha value is -4.79. The number of nitrogens with one attached hydrogen (secondary N) is 3. The lowest BCUT2D eigenvalue weighted by molar-refractivity contribution is -0.121. The molecule has 5 aromatic heterocycles. The second kappa shape index (κ2) is 32.1. The molecule has 0 bridgehead atoms. The monoisotopic (exact) mass is 1460 g/mol. The largest absolute Gasteiger partial charge is 0.498 e. The molecule has 9 rings (SSSR count). The summed E-state index contributed by atoms with van der Waals surface area (Å²) >= 11 is 10.7. The number of rotatable bonds is 21. The van der Waals surface area contributed by atoms with E-state index in [1.165, 1.54) is 0 Å². The van der Waals surface area contributed by atoms with Crippen molar-refractivity contribution in [3.63, 3.8) is 0 Å². The summed E-state index contributed by atoms with van der Waals surface area (Å²) < 4.78 is 127. The Labute approximate surface area is 554 Å². The number of hydrogen-bond acceptors (Lipinski definition) is 22. The Balaban J connectivity index is 0.000000224. The van der Waals surface area contributed by atoms with Crippen LogP contribution < -0.4 is 31.8 Å². The molecule has 0 saturated carbocycles. The summed E-state index contributed by atoms with van der Waals surface area (Å²) in [5.74, 6) is -1.86. The van der Waals surface area contributed by atoms with Crippen molar-refractivity contribution >= 4 is 147 Å². The standard InChI is InChI=1S/C18H23N5O5S3.C12H21BN2O3.C12H14BrN3O5S3.C9H15BN2O2.C3H7Cl/c1-3-7-23-11-13(10-21-23)12-4-5-14-15(9-12)29-18(22-14)16(30(2,25)26)17(24)20-6-8-31(19,27)28;1-11(2)12(3,4)18-13(17-11)10-8-14-15(9-10)6-7-16-5;1-23(18,19)10(11(17)15-4-5-24(14,20)21)12-16-8-3-2-7(13)6-9(8)22-12;1-8(2)9(3,4)14-10(13-8)7-5-11-12-6-7;1-2-3-4/h4-5,9-11,16H,3,6-8H2,1-2H3,(H,20,24)(H2,19,27,28);8-9H,6-7H2,1-5H3;2-3,6,10H,4-5H2,1H3,(H,15,17)(H2,14,20,21);5-6H,1-4H3,(H,11,12);2-3H2,1H3. The Morgan fingerprint density at radius 1 is 0.670 bits per heavy atom. The van der Waals surface area contributed by atoms with Crippen LogP contribution in [-0.2, 0) is 85.8 Å². The number of H-pyrrole nitrogens is 1. The van der Waals surface area contributed by atoms with Gasteiger partial charge in [0.2, 0.25) is 31.9 Å². The van der Waals surface area contributed by atoms with Crippen molar-refractivity contribution in [2.45, 2.75) is 128 Å². The molecule has 2 atom stereocenters. The molecule has 502 valence electrons. The quantitative estimate of drug-likeness (QED) is 0.0477. The van der Waals surface area contributed by atoms with Crippen molar-refractivity contribution in [3.05, 3.63) is 88.1 Å². The average molecular weight is 1470 g/mol. The number of benzene rings is 2. The van der Waals surface area contributed by atoms with Crippen LogP contribution >= 0.6 is 50.2 Å². The van der Waals surface area contributed by atoms with Crippen LogP contribution in [0, 0.1) is 0 Å². The summed E-state index contributed by atoms with van der Waals surface area (Å²) in [5, 5.41) is 26.8. The van der Waals surface area contributed by atoms with Crippen LogP contribution in [0.3, 0.4) is 0 Å². The first-order chi connectivity index (χ1) is 42.1. The van der Waals surface area contributed by atoms with E-state index in [2.05, 4.69) is 63.8 Å². The molecule has 7 aromatic rings. The number of thiazole rings is 2. The topological polar surface area (TPSA) is 383 Å². The van der Waals surface area contributed by atoms with Gasteiger partial charge in [-0.15, -0.1) is 34.3 Å². The molecule has 7 heterocycles. The van der Waals surface area contributed by atoms with E-state index >= 15 is 0 Å². The van der Waals surface area contributed by atoms with Gasteiger partial charge in [-0.1, -0.05) is 35.8 Å². The second-order valence-corrected chi connectivity index (χ2v) is 34.2. The maximum atomic E-state index is 12.5. The number of nitrogens with two attached hydrogens (primary N) is 2. The maximum absolute atomic E-state index is 12.5. The molecule has 2 unspecified atom stereocenters. The highest BCUT2D eigenvalue weighted by Crippen LogP contribution is 2.38. The van der Waals surface area contributed by atoms with Crippen molar-refractivity contribution in [3.8, 4) is 11.1 Å². The number of amides is 2. The molecule has 2 fully saturated rings. The third-order valence-corrected chi connectivity index (χ3v) is 21.8. The number of ether oxygens (including phenoxy) is 1. The summed E-state index contributed by atoms with van der Waals surface area (Å²) in [6.07, 6.45) is 14.9. The second-order valence-electron chi connectivity index (χ2n) is 23.1. The minimum atomic E-state index is -3.85. The number of hydrogen-bond donors (Lipinski definition) is 5. The van der Waals surface area contributed by atoms with Crippen LogP contribution in [0.15, 0.2) is 78.1 Å². The number of aryl methyl sites for hydroxylation is 1. The highest BCUT2D eigenvalue weighted by atomic mass is 79.9. The molecule has 0 radical (unpaired) electrons. The van der Waals surface area contributed by atoms with Crippen molar-refractivity contribution in [1.82, 2.24) is 50.4 Å². The van der Waals surface area contributed by atoms with Crippen LogP contribution in [0.5, 0.6) is 0 Å². The van der Waals surface area contributed by atoms with Gasteiger partial charge in [0.15, 0.2) is 30.2 Å². The van der Waals surface area contributed by atoms with Gasteiger partial charge in [0.1, 0.15) is 10.0 Å². The fourth-order valence-electron chi connectivity index (χ4n) is 8.08. The smallest absolute Gasteiger partial charge is 0.399 e. The number of aromatic nitrogens is 8. The number of alkyl halides is 1. The lowest BCUT2D eigenvalue weighted by atomic mass is 9.82. The first-order valence-electron chi connectivity index (χ1n) is 28.3. The maximum Gasteiger partial charge on any atom is 0.498 e. The predicted octanol–water partition coefficient (Wildman–Crippen LogP) is 4.78. The minimum Gasteiger partial charge on any atom is -0.399 e. The predicted molar refractivity (Wildman–Crippen MR) is 361 cm³/mol. The molecular weight excluding hydrogens is 1390 g/mol. The third kappa shape index (κ3) is 22.4. The molecule has 2 amide bonds. The molecule has 2 saturated heterocycles. The Morgan fingerprint density at radius 2 is 1.12 bits per heavy atom. The van der Waals surface area contributed by atoms with Gasteiger partial charge in [0, 0.05) is 97.1 Å². The zero-order valence-electron chi connectivity index (χ0n) is 52.9. The van der Waals surface area contributed by atoms with Crippen molar-refractivity contribution in [2.75, 3.05) is 56.7 Å². The van der Waals surface area contributed by atoms with E-state index in [0.29, 0.717) is 17.6 Å². The van der Waals surface area contributed by atoms with E-state index < -0.39 is 73.5 Å². The number of aromatic amines is 1. The Morgan fingerprint density at radius 3 is 1.55 bits per heavy atom. The number of methoxy groups -OCH3 is 1. The summed E-state index contributed by atoms with van der Waals surface area (Å²) in [6, 6.07) is 10.7. The van der Waals surface area contributed by atoms with Crippen molar-refractivity contribution in [2.24, 2.45) is 10.3 Å². The third-order valence-electron chi connectivity index (χ3n) is 14.3. The number of fused-ring (bicyclic) bond motifs is 2. The lowest BCUT2D eigenvalue weighted by Crippen LogP contribution is -2.41. The number of nitrogens with zero attached hydrogens (tertiary/aromatic N) is 7. The fraction of sp³-hybridized carbons (Fsp3) is 0.537. The van der Waals surface area contributed by atoms with Crippen LogP contribution in [0.2, 0.25) is 0 Å². The van der Waals surface area contributed by atoms with Gasteiger partial charge in [-0.25, -0.2) is 53.9 Å². The van der Waals surface area contributed by atoms with E-state index in [4.69, 9.17) is 45.2 Å². The zero-order valence-corrected chi connectivity index (χ0v) is 60.2. The van der Waals surface area contributed by atoms with E-state index in [0.717, 1.165) is 103 Å². The molecule has 2 aliphatic heterocycles. The zero-order chi connectivity index (χ0) is 68.1. The molecule has 7 N–H and O–H groups in total. The van der Waals surface area contributed by atoms with Gasteiger partial charge in [-0.3, -0.25) is 24.1 Å². The van der Waals surface area contributed by atoms with Crippen molar-refractivity contribution in [1.29, 1.82) is 0 Å². The molecule has 0 aliphatic carbocycles. The molecule has 0 spiro atoms. The summed E-state index contributed by atoms with van der Waals surface area (Å²) in [6.45, 7) is 22.0. The number of carbonyl (C=O) groups is 2. The van der Waals surface area contributed by atoms with Gasteiger partial charge < -0.3 is 34.0 Å². The molecule has 2 aliphatic rings. The van der Waals surface area contributed by atoms with Gasteiger partial charge in [0.25, 0.3) is 0 Å². The number of primary sulfonamides is 2. The molecule has 37 heteroatoms.